The molecular formula is C30H36ClF3N4O3. The number of aromatic nitrogens is 1. The van der Waals surface area contributed by atoms with Crippen LogP contribution in [0.5, 0.6) is 0 Å². The summed E-state index contributed by atoms with van der Waals surface area (Å²) >= 11 is 5.99. The van der Waals surface area contributed by atoms with Gasteiger partial charge in [-0.2, -0.15) is 13.2 Å². The molecule has 2 aromatic rings. The van der Waals surface area contributed by atoms with Gasteiger partial charge in [0.05, 0.1) is 6.04 Å². The summed E-state index contributed by atoms with van der Waals surface area (Å²) in [7, 11) is 1.20. The van der Waals surface area contributed by atoms with Gasteiger partial charge in [0.25, 0.3) is 5.56 Å². The standard InChI is InChI=1S/C30H36ClF3N4O3/c1-35(27(40)30(32,33)34)24-11-16-38(25(18-24)21-7-3-2-4-8-21)28(41)37-14-9-22(29(20-37)12-5-6-13-29)19-36-15-10-23(31)17-26(36)39/h2-4,7-8,10,15,17,22,24-25H,5-6,9,11-14,16,18-20H2,1H3/t22-,24+,25-/m0/s1. The van der Waals surface area contributed by atoms with Crippen LogP contribution >= 0.6 is 11.6 Å². The number of amides is 3. The van der Waals surface area contributed by atoms with Crippen molar-refractivity contribution in [2.24, 2.45) is 11.3 Å². The Kier molecular flexibility index (Phi) is 8.41. The van der Waals surface area contributed by atoms with E-state index in [4.69, 9.17) is 11.6 Å². The summed E-state index contributed by atoms with van der Waals surface area (Å²) in [6.45, 7) is 1.97. The molecule has 1 aliphatic carbocycles. The average molecular weight is 593 g/mol. The van der Waals surface area contributed by atoms with E-state index in [1.807, 2.05) is 35.2 Å². The first kappa shape index (κ1) is 29.5. The molecule has 1 aromatic carbocycles. The van der Waals surface area contributed by atoms with E-state index in [0.29, 0.717) is 24.7 Å². The number of likely N-dealkylation sites (tertiary alicyclic amines) is 2. The molecule has 0 N–H and O–H groups in total. The van der Waals surface area contributed by atoms with Gasteiger partial charge in [0.15, 0.2) is 0 Å². The number of halogens is 4. The molecule has 0 radical (unpaired) electrons. The Morgan fingerprint density at radius 3 is 2.44 bits per heavy atom. The maximum absolute atomic E-state index is 14.1. The lowest BCUT2D eigenvalue weighted by molar-refractivity contribution is -0.187. The van der Waals surface area contributed by atoms with Crippen LogP contribution in [0.3, 0.4) is 0 Å². The van der Waals surface area contributed by atoms with Gasteiger partial charge in [-0.15, -0.1) is 0 Å². The molecule has 1 spiro atoms. The Balaban J connectivity index is 1.35. The van der Waals surface area contributed by atoms with Crippen LogP contribution in [0.25, 0.3) is 0 Å². The highest BCUT2D eigenvalue weighted by molar-refractivity contribution is 6.30. The third-order valence-corrected chi connectivity index (χ3v) is 9.71. The van der Waals surface area contributed by atoms with Gasteiger partial charge in [0.1, 0.15) is 0 Å². The second-order valence-electron chi connectivity index (χ2n) is 11.8. The van der Waals surface area contributed by atoms with E-state index in [1.54, 1.807) is 21.7 Å². The van der Waals surface area contributed by atoms with Gasteiger partial charge in [-0.1, -0.05) is 54.8 Å². The fourth-order valence-corrected chi connectivity index (χ4v) is 7.39. The summed E-state index contributed by atoms with van der Waals surface area (Å²) in [6, 6.07) is 11.3. The smallest absolute Gasteiger partial charge is 0.335 e. The zero-order valence-electron chi connectivity index (χ0n) is 23.2. The second kappa shape index (κ2) is 11.7. The highest BCUT2D eigenvalue weighted by atomic mass is 35.5. The van der Waals surface area contributed by atoms with Gasteiger partial charge in [0, 0.05) is 56.6 Å². The number of pyridine rings is 1. The van der Waals surface area contributed by atoms with Crippen molar-refractivity contribution in [2.45, 2.75) is 69.8 Å². The first-order valence-corrected chi connectivity index (χ1v) is 14.7. The molecule has 3 fully saturated rings. The Hall–Kier alpha value is -3.01. The SMILES string of the molecule is CN(C(=O)C(F)(F)F)[C@@H]1CCN(C(=O)N2CC[C@@H](Cn3ccc(Cl)cc3=O)C3(CCCC3)C2)[C@H](c2ccccc2)C1. The Morgan fingerprint density at radius 1 is 1.07 bits per heavy atom. The van der Waals surface area contributed by atoms with Gasteiger partial charge < -0.3 is 19.3 Å². The molecule has 0 bridgehead atoms. The normalized spacial score (nSPS) is 24.5. The number of rotatable bonds is 4. The van der Waals surface area contributed by atoms with Crippen LogP contribution in [-0.4, -0.2) is 70.1 Å². The highest BCUT2D eigenvalue weighted by Crippen LogP contribution is 2.49. The van der Waals surface area contributed by atoms with Crippen LogP contribution in [-0.2, 0) is 11.3 Å². The third-order valence-electron chi connectivity index (χ3n) is 9.48. The number of benzene rings is 1. The number of hydrogen-bond acceptors (Lipinski definition) is 3. The summed E-state index contributed by atoms with van der Waals surface area (Å²) < 4.78 is 41.3. The molecule has 5 rings (SSSR count). The van der Waals surface area contributed by atoms with Crippen molar-refractivity contribution in [1.82, 2.24) is 19.3 Å². The molecule has 222 valence electrons. The summed E-state index contributed by atoms with van der Waals surface area (Å²) in [5.74, 6) is -1.62. The number of hydrogen-bond donors (Lipinski definition) is 0. The lowest BCUT2D eigenvalue weighted by atomic mass is 9.69. The van der Waals surface area contributed by atoms with E-state index >= 15 is 0 Å². The number of alkyl halides is 3. The van der Waals surface area contributed by atoms with Crippen molar-refractivity contribution in [3.8, 4) is 0 Å². The van der Waals surface area contributed by atoms with Crippen molar-refractivity contribution < 1.29 is 22.8 Å². The molecule has 3 amide bonds. The average Bonchev–Trinajstić information content (AvgIpc) is 3.42. The molecule has 3 heterocycles. The van der Waals surface area contributed by atoms with E-state index < -0.39 is 24.2 Å². The first-order valence-electron chi connectivity index (χ1n) is 14.3. The lowest BCUT2D eigenvalue weighted by Crippen LogP contribution is -2.57. The van der Waals surface area contributed by atoms with E-state index in [2.05, 4.69) is 0 Å². The second-order valence-corrected chi connectivity index (χ2v) is 12.2. The zero-order valence-corrected chi connectivity index (χ0v) is 23.9. The van der Waals surface area contributed by atoms with Gasteiger partial charge >= 0.3 is 18.1 Å². The quantitative estimate of drug-likeness (QED) is 0.455. The summed E-state index contributed by atoms with van der Waals surface area (Å²) in [6.07, 6.45) is 2.18. The number of urea groups is 1. The summed E-state index contributed by atoms with van der Waals surface area (Å²) in [4.78, 5) is 43.2. The molecule has 2 aliphatic heterocycles. The highest BCUT2D eigenvalue weighted by Gasteiger charge is 2.49. The van der Waals surface area contributed by atoms with Crippen molar-refractivity contribution in [3.63, 3.8) is 0 Å². The number of nitrogens with zero attached hydrogens (tertiary/aromatic N) is 4. The minimum absolute atomic E-state index is 0.0904. The Labute approximate surface area is 242 Å². The van der Waals surface area contributed by atoms with E-state index in [-0.39, 0.29) is 42.3 Å². The van der Waals surface area contributed by atoms with Crippen LogP contribution < -0.4 is 5.56 Å². The number of piperidine rings is 2. The van der Waals surface area contributed by atoms with Crippen LogP contribution in [0.4, 0.5) is 18.0 Å². The summed E-state index contributed by atoms with van der Waals surface area (Å²) in [5, 5.41) is 0.410. The molecule has 1 saturated carbocycles. The van der Waals surface area contributed by atoms with Gasteiger partial charge in [-0.05, 0) is 55.1 Å². The van der Waals surface area contributed by atoms with E-state index in [1.165, 1.54) is 13.1 Å². The fourth-order valence-electron chi connectivity index (χ4n) is 7.24. The van der Waals surface area contributed by atoms with E-state index in [0.717, 1.165) is 42.6 Å². The van der Waals surface area contributed by atoms with Gasteiger partial charge in [-0.3, -0.25) is 9.59 Å². The fraction of sp³-hybridized carbons (Fsp3) is 0.567. The molecular weight excluding hydrogens is 557 g/mol. The monoisotopic (exact) mass is 592 g/mol. The topological polar surface area (TPSA) is 65.9 Å². The van der Waals surface area contributed by atoms with Crippen molar-refractivity contribution in [2.75, 3.05) is 26.7 Å². The van der Waals surface area contributed by atoms with E-state index in [9.17, 15) is 27.6 Å². The molecule has 1 aromatic heterocycles. The lowest BCUT2D eigenvalue weighted by Gasteiger charge is -2.50. The third kappa shape index (κ3) is 6.12. The molecule has 3 aliphatic rings. The Morgan fingerprint density at radius 2 is 1.78 bits per heavy atom. The molecule has 11 heteroatoms. The Bertz CT molecular complexity index is 1310. The first-order chi connectivity index (χ1) is 19.5. The molecule has 7 nitrogen and oxygen atoms in total. The van der Waals surface area contributed by atoms with Crippen molar-refractivity contribution >= 4 is 23.5 Å². The summed E-state index contributed by atoms with van der Waals surface area (Å²) in [5.41, 5.74) is 0.616. The predicted octanol–water partition coefficient (Wildman–Crippen LogP) is 5.73. The van der Waals surface area contributed by atoms with Crippen molar-refractivity contribution in [3.05, 3.63) is 69.6 Å². The number of carbonyl (C=O) groups excluding carboxylic acids is 2. The minimum atomic E-state index is -4.94. The van der Waals surface area contributed by atoms with Crippen molar-refractivity contribution in [1.29, 1.82) is 0 Å². The molecule has 3 atom stereocenters. The van der Waals surface area contributed by atoms with Crippen LogP contribution in [0.2, 0.25) is 5.02 Å². The zero-order chi connectivity index (χ0) is 29.4. The maximum Gasteiger partial charge on any atom is 0.471 e. The van der Waals surface area contributed by atoms with Gasteiger partial charge in [0.2, 0.25) is 0 Å². The van der Waals surface area contributed by atoms with Gasteiger partial charge in [-0.25, -0.2) is 4.79 Å². The molecule has 0 unspecified atom stereocenters. The van der Waals surface area contributed by atoms with Crippen LogP contribution in [0.1, 0.15) is 56.6 Å². The largest absolute Gasteiger partial charge is 0.471 e. The van der Waals surface area contributed by atoms with Crippen LogP contribution in [0.15, 0.2) is 53.5 Å². The number of carbonyl (C=O) groups is 2. The minimum Gasteiger partial charge on any atom is -0.335 e. The molecule has 41 heavy (non-hydrogen) atoms. The molecule has 2 saturated heterocycles. The van der Waals surface area contributed by atoms with Crippen LogP contribution in [0, 0.1) is 11.3 Å². The predicted molar refractivity (Wildman–Crippen MR) is 149 cm³/mol. The maximum atomic E-state index is 14.1.